The lowest BCUT2D eigenvalue weighted by Crippen LogP contribution is -2.50. The molecular formula is C14H16O5. The summed E-state index contributed by atoms with van der Waals surface area (Å²) >= 11 is 0. The van der Waals surface area contributed by atoms with Crippen molar-refractivity contribution in [2.75, 3.05) is 26.4 Å². The zero-order valence-corrected chi connectivity index (χ0v) is 10.6. The van der Waals surface area contributed by atoms with Crippen LogP contribution < -0.4 is 9.47 Å². The fraction of sp³-hybridized carbons (Fsp3) is 0.500. The van der Waals surface area contributed by atoms with Crippen LogP contribution in [-0.4, -0.2) is 37.5 Å². The van der Waals surface area contributed by atoms with E-state index in [0.29, 0.717) is 25.4 Å². The molecule has 1 saturated heterocycles. The Labute approximate surface area is 111 Å². The van der Waals surface area contributed by atoms with Crippen LogP contribution in [0, 0.1) is 5.41 Å². The summed E-state index contributed by atoms with van der Waals surface area (Å²) in [6.07, 6.45) is 1.32. The summed E-state index contributed by atoms with van der Waals surface area (Å²) in [6, 6.07) is 5.63. The lowest BCUT2D eigenvalue weighted by molar-refractivity contribution is -0.179. The molecule has 0 spiro atoms. The van der Waals surface area contributed by atoms with Crippen molar-refractivity contribution in [3.63, 3.8) is 0 Å². The van der Waals surface area contributed by atoms with Crippen molar-refractivity contribution in [2.45, 2.75) is 12.8 Å². The Morgan fingerprint density at radius 3 is 2.58 bits per heavy atom. The summed E-state index contributed by atoms with van der Waals surface area (Å²) in [7, 11) is 0. The Morgan fingerprint density at radius 2 is 1.95 bits per heavy atom. The average Bonchev–Trinajstić information content (AvgIpc) is 2.57. The lowest BCUT2D eigenvalue weighted by atomic mass is 9.80. The van der Waals surface area contributed by atoms with Gasteiger partial charge in [0.15, 0.2) is 11.5 Å². The van der Waals surface area contributed by atoms with E-state index in [9.17, 15) is 9.90 Å². The zero-order valence-electron chi connectivity index (χ0n) is 10.6. The Hall–Kier alpha value is -1.75. The fourth-order valence-electron chi connectivity index (χ4n) is 2.36. The van der Waals surface area contributed by atoms with Gasteiger partial charge in [0.25, 0.3) is 0 Å². The van der Waals surface area contributed by atoms with Gasteiger partial charge in [0.2, 0.25) is 0 Å². The molecule has 0 aromatic heterocycles. The summed E-state index contributed by atoms with van der Waals surface area (Å²) in [6.45, 7) is 1.83. The molecule has 0 aliphatic carbocycles. The molecule has 5 heteroatoms. The summed E-state index contributed by atoms with van der Waals surface area (Å²) in [5.74, 6) is 0.636. The second kappa shape index (κ2) is 4.74. The normalized spacial score (nSPS) is 20.2. The molecule has 0 radical (unpaired) electrons. The number of fused-ring (bicyclic) bond motifs is 1. The molecule has 0 amide bonds. The third-order valence-electron chi connectivity index (χ3n) is 3.56. The number of benzene rings is 1. The average molecular weight is 264 g/mol. The van der Waals surface area contributed by atoms with Gasteiger partial charge < -0.3 is 19.3 Å². The van der Waals surface area contributed by atoms with Gasteiger partial charge in [-0.25, -0.2) is 0 Å². The highest BCUT2D eigenvalue weighted by Gasteiger charge is 2.46. The van der Waals surface area contributed by atoms with Crippen LogP contribution in [-0.2, 0) is 16.0 Å². The number of rotatable bonds is 3. The van der Waals surface area contributed by atoms with E-state index in [0.717, 1.165) is 17.7 Å². The van der Waals surface area contributed by atoms with Gasteiger partial charge in [0, 0.05) is 6.42 Å². The van der Waals surface area contributed by atoms with Crippen LogP contribution in [0.2, 0.25) is 0 Å². The minimum absolute atomic E-state index is 0.275. The third kappa shape index (κ3) is 2.26. The molecule has 1 fully saturated rings. The minimum atomic E-state index is -0.800. The molecule has 2 aliphatic heterocycles. The van der Waals surface area contributed by atoms with Crippen molar-refractivity contribution in [1.82, 2.24) is 0 Å². The van der Waals surface area contributed by atoms with Crippen LogP contribution in [0.1, 0.15) is 12.0 Å². The van der Waals surface area contributed by atoms with Crippen LogP contribution >= 0.6 is 0 Å². The molecule has 0 bridgehead atoms. The van der Waals surface area contributed by atoms with Gasteiger partial charge >= 0.3 is 5.97 Å². The van der Waals surface area contributed by atoms with Gasteiger partial charge in [-0.2, -0.15) is 0 Å². The fourth-order valence-corrected chi connectivity index (χ4v) is 2.36. The standard InChI is InChI=1S/C14H16O5/c15-13(16)14(8-17-9-14)7-10-2-3-11-12(6-10)19-5-1-4-18-11/h2-3,6H,1,4-5,7-9H2,(H,15,16). The maximum absolute atomic E-state index is 11.3. The molecular weight excluding hydrogens is 248 g/mol. The molecule has 2 aliphatic rings. The van der Waals surface area contributed by atoms with Crippen LogP contribution in [0.15, 0.2) is 18.2 Å². The van der Waals surface area contributed by atoms with Gasteiger partial charge in [0.05, 0.1) is 26.4 Å². The molecule has 1 aromatic rings. The first-order chi connectivity index (χ1) is 9.20. The summed E-state index contributed by atoms with van der Waals surface area (Å²) in [5.41, 5.74) is 0.162. The first kappa shape index (κ1) is 12.3. The van der Waals surface area contributed by atoms with Crippen molar-refractivity contribution in [3.8, 4) is 11.5 Å². The second-order valence-corrected chi connectivity index (χ2v) is 5.09. The van der Waals surface area contributed by atoms with Crippen LogP contribution in [0.4, 0.5) is 0 Å². The zero-order chi connectivity index (χ0) is 13.3. The molecule has 5 nitrogen and oxygen atoms in total. The number of carboxylic acid groups (broad SMARTS) is 1. The van der Waals surface area contributed by atoms with Crippen molar-refractivity contribution < 1.29 is 24.1 Å². The number of carboxylic acids is 1. The predicted molar refractivity (Wildman–Crippen MR) is 66.6 cm³/mol. The topological polar surface area (TPSA) is 65.0 Å². The molecule has 102 valence electrons. The molecule has 1 N–H and O–H groups in total. The summed E-state index contributed by atoms with van der Waals surface area (Å²) in [4.78, 5) is 11.3. The maximum atomic E-state index is 11.3. The van der Waals surface area contributed by atoms with E-state index >= 15 is 0 Å². The monoisotopic (exact) mass is 264 g/mol. The van der Waals surface area contributed by atoms with E-state index in [1.54, 1.807) is 0 Å². The van der Waals surface area contributed by atoms with E-state index < -0.39 is 11.4 Å². The SMILES string of the molecule is O=C(O)C1(Cc2ccc3c(c2)OCCCO3)COC1. The first-order valence-corrected chi connectivity index (χ1v) is 6.39. The van der Waals surface area contributed by atoms with E-state index in [-0.39, 0.29) is 13.2 Å². The molecule has 0 saturated carbocycles. The van der Waals surface area contributed by atoms with Crippen molar-refractivity contribution in [1.29, 1.82) is 0 Å². The Balaban J connectivity index is 1.82. The molecule has 19 heavy (non-hydrogen) atoms. The quantitative estimate of drug-likeness (QED) is 0.896. The van der Waals surface area contributed by atoms with Crippen molar-refractivity contribution in [2.24, 2.45) is 5.41 Å². The number of hydrogen-bond acceptors (Lipinski definition) is 4. The van der Waals surface area contributed by atoms with Gasteiger partial charge in [-0.15, -0.1) is 0 Å². The highest BCUT2D eigenvalue weighted by molar-refractivity contribution is 5.76. The molecule has 3 rings (SSSR count). The molecule has 1 aromatic carbocycles. The van der Waals surface area contributed by atoms with Gasteiger partial charge in [-0.1, -0.05) is 6.07 Å². The maximum Gasteiger partial charge on any atom is 0.314 e. The van der Waals surface area contributed by atoms with Crippen molar-refractivity contribution in [3.05, 3.63) is 23.8 Å². The van der Waals surface area contributed by atoms with Crippen LogP contribution in [0.25, 0.3) is 0 Å². The lowest BCUT2D eigenvalue weighted by Gasteiger charge is -2.37. The number of aliphatic carboxylic acids is 1. The number of ether oxygens (including phenoxy) is 3. The number of carbonyl (C=O) groups is 1. The highest BCUT2D eigenvalue weighted by atomic mass is 16.5. The van der Waals surface area contributed by atoms with Gasteiger partial charge in [0.1, 0.15) is 5.41 Å². The largest absolute Gasteiger partial charge is 0.490 e. The van der Waals surface area contributed by atoms with Gasteiger partial charge in [-0.05, 0) is 24.1 Å². The summed E-state index contributed by atoms with van der Waals surface area (Å²) < 4.78 is 16.2. The predicted octanol–water partition coefficient (Wildman–Crippen LogP) is 1.49. The van der Waals surface area contributed by atoms with E-state index in [1.165, 1.54) is 0 Å². The van der Waals surface area contributed by atoms with Crippen LogP contribution in [0.5, 0.6) is 11.5 Å². The summed E-state index contributed by atoms with van der Waals surface area (Å²) in [5, 5.41) is 9.29. The second-order valence-electron chi connectivity index (χ2n) is 5.09. The highest BCUT2D eigenvalue weighted by Crippen LogP contribution is 2.36. The first-order valence-electron chi connectivity index (χ1n) is 6.39. The van der Waals surface area contributed by atoms with E-state index in [4.69, 9.17) is 14.2 Å². The number of hydrogen-bond donors (Lipinski definition) is 1. The van der Waals surface area contributed by atoms with Crippen LogP contribution in [0.3, 0.4) is 0 Å². The van der Waals surface area contributed by atoms with E-state index in [2.05, 4.69) is 0 Å². The van der Waals surface area contributed by atoms with Crippen molar-refractivity contribution >= 4 is 5.97 Å². The molecule has 0 atom stereocenters. The Bertz CT molecular complexity index is 493. The minimum Gasteiger partial charge on any atom is -0.490 e. The molecule has 2 heterocycles. The third-order valence-corrected chi connectivity index (χ3v) is 3.56. The Kier molecular flexibility index (Phi) is 3.06. The van der Waals surface area contributed by atoms with Gasteiger partial charge in [-0.3, -0.25) is 4.79 Å². The smallest absolute Gasteiger partial charge is 0.314 e. The Morgan fingerprint density at radius 1 is 1.21 bits per heavy atom. The van der Waals surface area contributed by atoms with E-state index in [1.807, 2.05) is 18.2 Å². The molecule has 0 unspecified atom stereocenters.